The van der Waals surface area contributed by atoms with Gasteiger partial charge in [0.05, 0.1) is 17.6 Å². The molecule has 0 atom stereocenters. The zero-order chi connectivity index (χ0) is 9.14. The molecule has 0 saturated heterocycles. The largest absolute Gasteiger partial charge is 0.545 e. The predicted molar refractivity (Wildman–Crippen MR) is 30.7 cm³/mol. The number of aromatic carboxylic acids is 2. The van der Waals surface area contributed by atoms with Crippen LogP contribution >= 0.6 is 0 Å². The van der Waals surface area contributed by atoms with Crippen LogP contribution in [0.15, 0.2) is 12.5 Å². The van der Waals surface area contributed by atoms with Crippen LogP contribution in [0.2, 0.25) is 0 Å². The molecule has 1 aromatic rings. The first kappa shape index (κ1) is 8.12. The van der Waals surface area contributed by atoms with E-state index in [0.29, 0.717) is 0 Å². The van der Waals surface area contributed by atoms with E-state index in [4.69, 9.17) is 0 Å². The Labute approximate surface area is 66.5 Å². The van der Waals surface area contributed by atoms with Gasteiger partial charge in [0.2, 0.25) is 0 Å². The summed E-state index contributed by atoms with van der Waals surface area (Å²) in [4.78, 5) is 27.0. The van der Waals surface area contributed by atoms with Crippen molar-refractivity contribution in [2.75, 3.05) is 0 Å². The predicted octanol–water partition coefficient (Wildman–Crippen LogP) is -2.80. The van der Waals surface area contributed by atoms with Gasteiger partial charge in [-0.25, -0.2) is 9.97 Å². The number of carboxylic acid groups (broad SMARTS) is 2. The Balaban J connectivity index is 3.27. The van der Waals surface area contributed by atoms with Crippen LogP contribution in [0, 0.1) is 0 Å². The first-order valence-electron chi connectivity index (χ1n) is 2.85. The molecule has 0 saturated carbocycles. The molecule has 0 aromatic carbocycles. The van der Waals surface area contributed by atoms with Crippen molar-refractivity contribution in [3.8, 4) is 0 Å². The molecule has 0 aliphatic heterocycles. The van der Waals surface area contributed by atoms with Gasteiger partial charge in [0, 0.05) is 11.8 Å². The summed E-state index contributed by atoms with van der Waals surface area (Å²) in [5.74, 6) is -3.31. The quantitative estimate of drug-likeness (QED) is 0.469. The van der Waals surface area contributed by atoms with Crippen molar-refractivity contribution in [2.24, 2.45) is 0 Å². The molecule has 0 unspecified atom stereocenters. The van der Waals surface area contributed by atoms with Crippen molar-refractivity contribution in [1.82, 2.24) is 9.97 Å². The molecular formula is C6H2N2O4-2. The standard InChI is InChI=1S/C6H4N2O4/c9-5(10)3-1-7-2-8-4(3)6(11)12/h1-2H,(H,9,10)(H,11,12)/p-2. The van der Waals surface area contributed by atoms with Crippen molar-refractivity contribution in [3.63, 3.8) is 0 Å². The summed E-state index contributed by atoms with van der Waals surface area (Å²) in [7, 11) is 0. The molecule has 1 aromatic heterocycles. The first-order chi connectivity index (χ1) is 5.63. The second kappa shape index (κ2) is 2.95. The maximum atomic E-state index is 10.2. The van der Waals surface area contributed by atoms with Gasteiger partial charge in [0.25, 0.3) is 0 Å². The summed E-state index contributed by atoms with van der Waals surface area (Å²) in [5, 5.41) is 20.5. The second-order valence-electron chi connectivity index (χ2n) is 1.86. The molecule has 0 radical (unpaired) electrons. The molecule has 1 rings (SSSR count). The molecule has 0 N–H and O–H groups in total. The minimum absolute atomic E-state index is 0.586. The molecule has 6 nitrogen and oxygen atoms in total. The van der Waals surface area contributed by atoms with E-state index < -0.39 is 23.2 Å². The Kier molecular flexibility index (Phi) is 2.00. The van der Waals surface area contributed by atoms with Crippen LogP contribution in [0.5, 0.6) is 0 Å². The van der Waals surface area contributed by atoms with Crippen molar-refractivity contribution in [2.45, 2.75) is 0 Å². The Bertz CT molecular complexity index is 303. The minimum Gasteiger partial charge on any atom is -0.545 e. The Morgan fingerprint density at radius 2 is 1.92 bits per heavy atom. The van der Waals surface area contributed by atoms with E-state index in [1.165, 1.54) is 0 Å². The number of carbonyl (C=O) groups is 2. The van der Waals surface area contributed by atoms with Crippen molar-refractivity contribution < 1.29 is 19.8 Å². The van der Waals surface area contributed by atoms with E-state index in [1.54, 1.807) is 0 Å². The van der Waals surface area contributed by atoms with E-state index in [9.17, 15) is 19.8 Å². The molecule has 0 amide bonds. The van der Waals surface area contributed by atoms with Gasteiger partial charge in [0.15, 0.2) is 0 Å². The van der Waals surface area contributed by atoms with Crippen molar-refractivity contribution in [3.05, 3.63) is 23.8 Å². The van der Waals surface area contributed by atoms with Gasteiger partial charge in [-0.3, -0.25) is 0 Å². The molecule has 12 heavy (non-hydrogen) atoms. The van der Waals surface area contributed by atoms with Gasteiger partial charge in [-0.15, -0.1) is 0 Å². The third-order valence-corrected chi connectivity index (χ3v) is 1.13. The van der Waals surface area contributed by atoms with Crippen molar-refractivity contribution >= 4 is 11.9 Å². The molecule has 0 bridgehead atoms. The van der Waals surface area contributed by atoms with Gasteiger partial charge < -0.3 is 19.8 Å². The number of rotatable bonds is 2. The van der Waals surface area contributed by atoms with E-state index >= 15 is 0 Å². The van der Waals surface area contributed by atoms with Gasteiger partial charge in [0.1, 0.15) is 6.33 Å². The third kappa shape index (κ3) is 1.36. The third-order valence-electron chi connectivity index (χ3n) is 1.13. The smallest absolute Gasteiger partial charge is 0.116 e. The maximum absolute atomic E-state index is 10.2. The molecule has 6 heteroatoms. The number of nitrogens with zero attached hydrogens (tertiary/aromatic N) is 2. The van der Waals surface area contributed by atoms with Crippen LogP contribution in [-0.4, -0.2) is 21.9 Å². The average Bonchev–Trinajstić information content (AvgIpc) is 2.04. The van der Waals surface area contributed by atoms with Crippen LogP contribution in [0.25, 0.3) is 0 Å². The number of carbonyl (C=O) groups excluding carboxylic acids is 2. The Morgan fingerprint density at radius 3 is 2.33 bits per heavy atom. The highest BCUT2D eigenvalue weighted by Crippen LogP contribution is 1.99. The fourth-order valence-electron chi connectivity index (χ4n) is 0.642. The molecule has 0 aliphatic rings. The van der Waals surface area contributed by atoms with E-state index in [1.807, 2.05) is 0 Å². The summed E-state index contributed by atoms with van der Waals surface area (Å²) in [6, 6.07) is 0. The molecule has 1 heterocycles. The normalized spacial score (nSPS) is 9.33. The Morgan fingerprint density at radius 1 is 1.25 bits per heavy atom. The molecule has 0 spiro atoms. The second-order valence-corrected chi connectivity index (χ2v) is 1.86. The highest BCUT2D eigenvalue weighted by molar-refractivity contribution is 5.98. The summed E-state index contributed by atoms with van der Waals surface area (Å²) < 4.78 is 0. The summed E-state index contributed by atoms with van der Waals surface area (Å²) in [5.41, 5.74) is -1.26. The monoisotopic (exact) mass is 166 g/mol. The number of hydrogen-bond donors (Lipinski definition) is 0. The lowest BCUT2D eigenvalue weighted by atomic mass is 10.2. The van der Waals surface area contributed by atoms with Gasteiger partial charge in [-0.2, -0.15) is 0 Å². The highest BCUT2D eigenvalue weighted by atomic mass is 16.4. The van der Waals surface area contributed by atoms with Crippen LogP contribution in [-0.2, 0) is 0 Å². The summed E-state index contributed by atoms with van der Waals surface area (Å²) in [6.45, 7) is 0. The number of carboxylic acids is 2. The van der Waals surface area contributed by atoms with Crippen LogP contribution in [0.1, 0.15) is 20.8 Å². The topological polar surface area (TPSA) is 106 Å². The summed E-state index contributed by atoms with van der Waals surface area (Å²) >= 11 is 0. The molecule has 0 fully saturated rings. The van der Waals surface area contributed by atoms with Crippen molar-refractivity contribution in [1.29, 1.82) is 0 Å². The van der Waals surface area contributed by atoms with Gasteiger partial charge >= 0.3 is 0 Å². The van der Waals surface area contributed by atoms with Gasteiger partial charge in [-0.1, -0.05) is 0 Å². The maximum Gasteiger partial charge on any atom is 0.116 e. The Hall–Kier alpha value is -1.98. The lowest BCUT2D eigenvalue weighted by Gasteiger charge is -2.07. The highest BCUT2D eigenvalue weighted by Gasteiger charge is 2.04. The summed E-state index contributed by atoms with van der Waals surface area (Å²) in [6.07, 6.45) is 1.75. The van der Waals surface area contributed by atoms with E-state index in [-0.39, 0.29) is 0 Å². The van der Waals surface area contributed by atoms with Crippen LogP contribution in [0.4, 0.5) is 0 Å². The fourth-order valence-corrected chi connectivity index (χ4v) is 0.642. The fraction of sp³-hybridized carbons (Fsp3) is 0. The zero-order valence-electron chi connectivity index (χ0n) is 5.68. The SMILES string of the molecule is O=C([O-])c1cncnc1C(=O)[O-]. The van der Waals surface area contributed by atoms with E-state index in [0.717, 1.165) is 12.5 Å². The molecule has 0 aliphatic carbocycles. The van der Waals surface area contributed by atoms with E-state index in [2.05, 4.69) is 9.97 Å². The first-order valence-corrected chi connectivity index (χ1v) is 2.85. The zero-order valence-corrected chi connectivity index (χ0v) is 5.68. The molecular weight excluding hydrogens is 164 g/mol. The lowest BCUT2D eigenvalue weighted by molar-refractivity contribution is -0.260. The minimum atomic E-state index is -1.67. The lowest BCUT2D eigenvalue weighted by Crippen LogP contribution is -2.31. The van der Waals surface area contributed by atoms with Gasteiger partial charge in [-0.05, 0) is 0 Å². The number of hydrogen-bond acceptors (Lipinski definition) is 6. The van der Waals surface area contributed by atoms with Crippen LogP contribution < -0.4 is 10.2 Å². The average molecular weight is 166 g/mol. The molecule has 62 valence electrons. The number of aromatic nitrogens is 2. The van der Waals surface area contributed by atoms with Crippen LogP contribution in [0.3, 0.4) is 0 Å².